The Morgan fingerprint density at radius 1 is 1.42 bits per heavy atom. The number of allylic oxidation sites excluding steroid dienone is 1. The van der Waals surface area contributed by atoms with E-state index in [1.165, 1.54) is 23.8 Å². The third-order valence-corrected chi connectivity index (χ3v) is 3.59. The Balaban J connectivity index is 3.03. The summed E-state index contributed by atoms with van der Waals surface area (Å²) in [6.45, 7) is 10.2. The van der Waals surface area contributed by atoms with Gasteiger partial charge in [0.25, 0.3) is 0 Å². The monoisotopic (exact) mass is 282 g/mol. The van der Waals surface area contributed by atoms with Gasteiger partial charge < -0.3 is 15.8 Å². The molecule has 0 aliphatic carbocycles. The Kier molecular flexibility index (Phi) is 5.42. The summed E-state index contributed by atoms with van der Waals surface area (Å²) in [6, 6.07) is 0. The smallest absolute Gasteiger partial charge is 0.177 e. The van der Waals surface area contributed by atoms with E-state index in [1.807, 2.05) is 27.7 Å². The number of ketones is 1. The zero-order valence-corrected chi connectivity index (χ0v) is 13.0. The average molecular weight is 282 g/mol. The number of ether oxygens (including phenoxy) is 1. The Labute approximate surface area is 118 Å². The first kappa shape index (κ1) is 15.6. The molecule has 1 heterocycles. The predicted octanol–water partition coefficient (Wildman–Crippen LogP) is 3.70. The van der Waals surface area contributed by atoms with E-state index in [4.69, 9.17) is 10.5 Å². The van der Waals surface area contributed by atoms with Crippen molar-refractivity contribution in [3.05, 3.63) is 16.5 Å². The van der Waals surface area contributed by atoms with E-state index in [2.05, 4.69) is 11.4 Å². The van der Waals surface area contributed by atoms with Crippen molar-refractivity contribution in [2.45, 2.75) is 40.7 Å². The fourth-order valence-electron chi connectivity index (χ4n) is 1.51. The molecule has 0 radical (unpaired) electrons. The molecule has 4 nitrogen and oxygen atoms in total. The van der Waals surface area contributed by atoms with Crippen molar-refractivity contribution in [2.75, 3.05) is 17.6 Å². The predicted molar refractivity (Wildman–Crippen MR) is 82.4 cm³/mol. The van der Waals surface area contributed by atoms with Crippen LogP contribution in [0.1, 0.15) is 44.3 Å². The molecule has 3 N–H and O–H groups in total. The van der Waals surface area contributed by atoms with E-state index in [1.54, 1.807) is 0 Å². The first-order chi connectivity index (χ1) is 8.82. The topological polar surface area (TPSA) is 64.3 Å². The molecule has 0 saturated heterocycles. The number of hydrogen-bond acceptors (Lipinski definition) is 5. The Hall–Kier alpha value is -1.49. The van der Waals surface area contributed by atoms with Crippen LogP contribution in [-0.4, -0.2) is 18.4 Å². The normalized spacial score (nSPS) is 10.4. The summed E-state index contributed by atoms with van der Waals surface area (Å²) in [4.78, 5) is 12.1. The fourth-order valence-corrected chi connectivity index (χ4v) is 2.46. The maximum atomic E-state index is 11.5. The highest BCUT2D eigenvalue weighted by Gasteiger charge is 2.20. The molecule has 1 aromatic heterocycles. The van der Waals surface area contributed by atoms with Gasteiger partial charge in [0, 0.05) is 13.5 Å². The highest BCUT2D eigenvalue weighted by molar-refractivity contribution is 7.19. The quantitative estimate of drug-likeness (QED) is 0.617. The second-order valence-electron chi connectivity index (χ2n) is 4.89. The van der Waals surface area contributed by atoms with Crippen LogP contribution in [0.5, 0.6) is 5.75 Å². The zero-order chi connectivity index (χ0) is 14.6. The lowest BCUT2D eigenvalue weighted by Gasteiger charge is -2.12. The van der Waals surface area contributed by atoms with Gasteiger partial charge in [0.1, 0.15) is 5.00 Å². The number of hydrogen-bond donors (Lipinski definition) is 2. The van der Waals surface area contributed by atoms with E-state index < -0.39 is 0 Å². The van der Waals surface area contributed by atoms with Crippen molar-refractivity contribution in [1.29, 1.82) is 0 Å². The van der Waals surface area contributed by atoms with E-state index in [-0.39, 0.29) is 11.9 Å². The summed E-state index contributed by atoms with van der Waals surface area (Å²) in [5.74, 6) is 0.554. The lowest BCUT2D eigenvalue weighted by atomic mass is 10.3. The molecule has 0 unspecified atom stereocenters. The molecule has 0 bridgehead atoms. The summed E-state index contributed by atoms with van der Waals surface area (Å²) in [5.41, 5.74) is 7.66. The summed E-state index contributed by atoms with van der Waals surface area (Å²) >= 11 is 1.35. The second kappa shape index (κ2) is 6.61. The van der Waals surface area contributed by atoms with Gasteiger partial charge in [0.05, 0.1) is 16.7 Å². The summed E-state index contributed by atoms with van der Waals surface area (Å²) in [7, 11) is 0. The molecule has 0 fully saturated rings. The molecule has 1 rings (SSSR count). The molecule has 0 spiro atoms. The van der Waals surface area contributed by atoms with Crippen molar-refractivity contribution in [3.63, 3.8) is 0 Å². The number of thiophene rings is 1. The lowest BCUT2D eigenvalue weighted by molar-refractivity contribution is 0.102. The molecule has 0 aliphatic rings. The van der Waals surface area contributed by atoms with Crippen LogP contribution in [0.4, 0.5) is 10.7 Å². The van der Waals surface area contributed by atoms with E-state index in [9.17, 15) is 4.79 Å². The van der Waals surface area contributed by atoms with Crippen LogP contribution in [0.15, 0.2) is 11.6 Å². The van der Waals surface area contributed by atoms with Gasteiger partial charge in [-0.25, -0.2) is 0 Å². The van der Waals surface area contributed by atoms with Crippen molar-refractivity contribution in [1.82, 2.24) is 0 Å². The van der Waals surface area contributed by atoms with E-state index >= 15 is 0 Å². The molecule has 0 atom stereocenters. The number of carbonyl (C=O) groups is 1. The average Bonchev–Trinajstić information content (AvgIpc) is 2.56. The maximum absolute atomic E-state index is 11.5. The molecular weight excluding hydrogens is 260 g/mol. The third kappa shape index (κ3) is 4.28. The molecule has 5 heteroatoms. The largest absolute Gasteiger partial charge is 0.486 e. The van der Waals surface area contributed by atoms with Crippen LogP contribution in [0.25, 0.3) is 0 Å². The van der Waals surface area contributed by atoms with Gasteiger partial charge in [-0.05, 0) is 27.7 Å². The SMILES string of the molecule is CC(=O)c1sc(NCC=C(C)C)c(OC(C)C)c1N. The van der Waals surface area contributed by atoms with Crippen LogP contribution in [0, 0.1) is 0 Å². The van der Waals surface area contributed by atoms with Crippen molar-refractivity contribution < 1.29 is 9.53 Å². The maximum Gasteiger partial charge on any atom is 0.177 e. The van der Waals surface area contributed by atoms with Crippen LogP contribution in [0.3, 0.4) is 0 Å². The summed E-state index contributed by atoms with van der Waals surface area (Å²) < 4.78 is 5.71. The molecule has 0 amide bonds. The van der Waals surface area contributed by atoms with Gasteiger partial charge in [-0.1, -0.05) is 11.6 Å². The minimum atomic E-state index is -0.0358. The number of nitrogen functional groups attached to an aromatic ring is 1. The van der Waals surface area contributed by atoms with Gasteiger partial charge in [-0.2, -0.15) is 0 Å². The van der Waals surface area contributed by atoms with Crippen LogP contribution in [0.2, 0.25) is 0 Å². The number of Topliss-reactive ketones (excluding diaryl/α,β-unsaturated/α-hetero) is 1. The number of nitrogens with one attached hydrogen (secondary N) is 1. The van der Waals surface area contributed by atoms with Crippen LogP contribution in [-0.2, 0) is 0 Å². The first-order valence-electron chi connectivity index (χ1n) is 6.30. The van der Waals surface area contributed by atoms with Crippen LogP contribution >= 0.6 is 11.3 Å². The minimum Gasteiger partial charge on any atom is -0.486 e. The molecule has 0 aromatic carbocycles. The third-order valence-electron chi connectivity index (χ3n) is 2.35. The Morgan fingerprint density at radius 3 is 2.53 bits per heavy atom. The van der Waals surface area contributed by atoms with E-state index in [0.717, 1.165) is 5.00 Å². The van der Waals surface area contributed by atoms with Gasteiger partial charge in [-0.3, -0.25) is 4.79 Å². The van der Waals surface area contributed by atoms with Gasteiger partial charge in [0.2, 0.25) is 0 Å². The standard InChI is InChI=1S/C14H22N2O2S/c1-8(2)6-7-16-14-12(18-9(3)4)11(15)13(19-14)10(5)17/h6,9,16H,7,15H2,1-5H3. The van der Waals surface area contributed by atoms with Crippen molar-refractivity contribution in [2.24, 2.45) is 0 Å². The number of nitrogens with two attached hydrogens (primary N) is 1. The van der Waals surface area contributed by atoms with Gasteiger partial charge in [-0.15, -0.1) is 11.3 Å². The van der Waals surface area contributed by atoms with Gasteiger partial charge in [0.15, 0.2) is 11.5 Å². The van der Waals surface area contributed by atoms with Gasteiger partial charge >= 0.3 is 0 Å². The highest BCUT2D eigenvalue weighted by atomic mass is 32.1. The first-order valence-corrected chi connectivity index (χ1v) is 7.11. The van der Waals surface area contributed by atoms with E-state index in [0.29, 0.717) is 22.9 Å². The van der Waals surface area contributed by atoms with Crippen molar-refractivity contribution >= 4 is 27.8 Å². The Bertz CT molecular complexity index is 486. The number of carbonyl (C=O) groups excluding carboxylic acids is 1. The van der Waals surface area contributed by atoms with Crippen molar-refractivity contribution in [3.8, 4) is 5.75 Å². The summed E-state index contributed by atoms with van der Waals surface area (Å²) in [5, 5.41) is 4.06. The van der Waals surface area contributed by atoms with Crippen LogP contribution < -0.4 is 15.8 Å². The lowest BCUT2D eigenvalue weighted by Crippen LogP contribution is -2.09. The molecule has 106 valence electrons. The second-order valence-corrected chi connectivity index (χ2v) is 5.91. The molecule has 0 aliphatic heterocycles. The highest BCUT2D eigenvalue weighted by Crippen LogP contribution is 2.43. The minimum absolute atomic E-state index is 0.0145. The molecule has 0 saturated carbocycles. The number of rotatable bonds is 6. The zero-order valence-electron chi connectivity index (χ0n) is 12.2. The fraction of sp³-hybridized carbons (Fsp3) is 0.500. The molecular formula is C14H22N2O2S. The molecule has 19 heavy (non-hydrogen) atoms. The number of anilines is 2. The molecule has 1 aromatic rings. The Morgan fingerprint density at radius 2 is 2.05 bits per heavy atom. The summed E-state index contributed by atoms with van der Waals surface area (Å²) in [6.07, 6.45) is 2.09.